The minimum atomic E-state index is -3.65. The molecule has 1 fully saturated rings. The summed E-state index contributed by atoms with van der Waals surface area (Å²) in [5.41, 5.74) is -0.129. The number of hydrogen-bond donors (Lipinski definition) is 2. The molecule has 0 spiro atoms. The van der Waals surface area contributed by atoms with E-state index >= 15 is 0 Å². The van der Waals surface area contributed by atoms with E-state index in [4.69, 9.17) is 0 Å². The minimum absolute atomic E-state index is 0.0366. The number of quaternary nitrogens is 1. The summed E-state index contributed by atoms with van der Waals surface area (Å²) in [7, 11) is -1.66. The third-order valence-electron chi connectivity index (χ3n) is 3.23. The third-order valence-corrected chi connectivity index (χ3v) is 4.68. The topological polar surface area (TPSA) is 97.0 Å². The Bertz CT molecular complexity index is 579. The molecular formula is C11H17N4O4S+. The molecule has 8 nitrogen and oxygen atoms in total. The quantitative estimate of drug-likeness (QED) is 0.528. The Morgan fingerprint density at radius 3 is 2.30 bits per heavy atom. The summed E-state index contributed by atoms with van der Waals surface area (Å²) in [5, 5.41) is 11.3. The largest absolute Gasteiger partial charge is 0.295 e. The minimum Gasteiger partial charge on any atom is -0.295 e. The number of sulfonamides is 1. The fourth-order valence-corrected chi connectivity index (χ4v) is 3.18. The molecule has 1 aliphatic rings. The molecule has 0 bridgehead atoms. The number of nitrogens with zero attached hydrogens (tertiary/aromatic N) is 2. The third kappa shape index (κ3) is 3.51. The fraction of sp³-hybridized carbons (Fsp3) is 0.455. The summed E-state index contributed by atoms with van der Waals surface area (Å²) in [6, 6.07) is 4.87. The van der Waals surface area contributed by atoms with Gasteiger partial charge in [0.1, 0.15) is 13.1 Å². The van der Waals surface area contributed by atoms with E-state index in [0.29, 0.717) is 13.1 Å². The van der Waals surface area contributed by atoms with Crippen LogP contribution in [0, 0.1) is 10.1 Å². The molecule has 0 saturated carbocycles. The first-order valence-corrected chi connectivity index (χ1v) is 7.67. The maximum absolute atomic E-state index is 12.1. The number of likely N-dealkylation sites (N-methyl/N-ethyl adjacent to an activating group) is 1. The molecule has 1 heterocycles. The van der Waals surface area contributed by atoms with Crippen LogP contribution in [0.2, 0.25) is 0 Å². The SMILES string of the molecule is CN1CC[NH+](NS(=O)(=O)c2ccc([N+](=O)[O-])cc2)CC1. The lowest BCUT2D eigenvalue weighted by Crippen LogP contribution is -3.21. The number of non-ortho nitro benzene ring substituents is 1. The van der Waals surface area contributed by atoms with Crippen molar-refractivity contribution in [1.82, 2.24) is 9.73 Å². The summed E-state index contributed by atoms with van der Waals surface area (Å²) >= 11 is 0. The normalized spacial score (nSPS) is 18.1. The van der Waals surface area contributed by atoms with Gasteiger partial charge in [-0.1, -0.05) is 4.83 Å². The maximum atomic E-state index is 12.1. The van der Waals surface area contributed by atoms with Gasteiger partial charge in [0.15, 0.2) is 0 Å². The highest BCUT2D eigenvalue weighted by Crippen LogP contribution is 2.14. The maximum Gasteiger partial charge on any atom is 0.282 e. The van der Waals surface area contributed by atoms with Crippen molar-refractivity contribution in [2.45, 2.75) is 4.90 Å². The molecule has 9 heteroatoms. The van der Waals surface area contributed by atoms with Gasteiger partial charge in [-0.3, -0.25) is 15.0 Å². The average molecular weight is 301 g/mol. The zero-order valence-corrected chi connectivity index (χ0v) is 11.9. The Morgan fingerprint density at radius 1 is 1.25 bits per heavy atom. The van der Waals surface area contributed by atoms with Gasteiger partial charge in [-0.15, -0.1) is 0 Å². The highest BCUT2D eigenvalue weighted by atomic mass is 32.2. The molecule has 0 aliphatic carbocycles. The first kappa shape index (κ1) is 14.9. The monoisotopic (exact) mass is 301 g/mol. The molecule has 20 heavy (non-hydrogen) atoms. The van der Waals surface area contributed by atoms with Crippen molar-refractivity contribution in [3.8, 4) is 0 Å². The number of nitro groups is 1. The lowest BCUT2D eigenvalue weighted by molar-refractivity contribution is -0.934. The standard InChI is InChI=1S/C11H16N4O4S/c1-13-6-8-14(9-7-13)12-20(18,19)11-4-2-10(3-5-11)15(16)17/h2-5,12H,6-9H2,1H3/p+1. The number of nitrogens with one attached hydrogen (secondary N) is 2. The lowest BCUT2D eigenvalue weighted by Gasteiger charge is -2.28. The molecule has 1 aliphatic heterocycles. The van der Waals surface area contributed by atoms with E-state index in [1.807, 2.05) is 7.05 Å². The Labute approximate surface area is 117 Å². The van der Waals surface area contributed by atoms with Crippen LogP contribution in [-0.4, -0.2) is 51.5 Å². The van der Waals surface area contributed by atoms with Gasteiger partial charge in [-0.05, 0) is 19.2 Å². The summed E-state index contributed by atoms with van der Waals surface area (Å²) in [4.78, 5) is 14.7. The van der Waals surface area contributed by atoms with Crippen molar-refractivity contribution in [2.75, 3.05) is 33.2 Å². The van der Waals surface area contributed by atoms with Crippen molar-refractivity contribution >= 4 is 15.7 Å². The van der Waals surface area contributed by atoms with E-state index < -0.39 is 14.9 Å². The van der Waals surface area contributed by atoms with Gasteiger partial charge >= 0.3 is 0 Å². The van der Waals surface area contributed by atoms with Gasteiger partial charge in [0.2, 0.25) is 0 Å². The van der Waals surface area contributed by atoms with Crippen LogP contribution in [0.4, 0.5) is 5.69 Å². The zero-order valence-electron chi connectivity index (χ0n) is 11.1. The summed E-state index contributed by atoms with van der Waals surface area (Å²) < 4.78 is 24.3. The second-order valence-electron chi connectivity index (χ2n) is 4.76. The first-order valence-electron chi connectivity index (χ1n) is 6.19. The number of benzene rings is 1. The Morgan fingerprint density at radius 2 is 1.80 bits per heavy atom. The molecule has 0 radical (unpaired) electrons. The van der Waals surface area contributed by atoms with Crippen molar-refractivity contribution in [1.29, 1.82) is 0 Å². The van der Waals surface area contributed by atoms with Crippen LogP contribution in [0.25, 0.3) is 0 Å². The molecule has 1 aromatic rings. The highest BCUT2D eigenvalue weighted by molar-refractivity contribution is 7.89. The van der Waals surface area contributed by atoms with E-state index in [0.717, 1.165) is 18.1 Å². The first-order chi connectivity index (χ1) is 9.38. The summed E-state index contributed by atoms with van der Waals surface area (Å²) in [5.74, 6) is 0. The van der Waals surface area contributed by atoms with E-state index in [1.54, 1.807) is 0 Å². The van der Waals surface area contributed by atoms with Crippen molar-refractivity contribution < 1.29 is 18.4 Å². The van der Waals surface area contributed by atoms with E-state index in [9.17, 15) is 18.5 Å². The van der Waals surface area contributed by atoms with Crippen LogP contribution < -0.4 is 9.84 Å². The highest BCUT2D eigenvalue weighted by Gasteiger charge is 2.25. The Hall–Kier alpha value is -1.55. The molecule has 0 amide bonds. The Balaban J connectivity index is 2.08. The Kier molecular flexibility index (Phi) is 4.33. The predicted octanol–water partition coefficient (Wildman–Crippen LogP) is -1.38. The van der Waals surface area contributed by atoms with E-state index in [2.05, 4.69) is 9.73 Å². The smallest absolute Gasteiger partial charge is 0.282 e. The van der Waals surface area contributed by atoms with Gasteiger partial charge in [-0.25, -0.2) is 13.4 Å². The number of piperazine rings is 1. The molecule has 1 saturated heterocycles. The van der Waals surface area contributed by atoms with Crippen LogP contribution in [0.1, 0.15) is 0 Å². The second-order valence-corrected chi connectivity index (χ2v) is 6.45. The van der Waals surface area contributed by atoms with Crippen molar-refractivity contribution in [3.05, 3.63) is 34.4 Å². The number of hydrogen-bond acceptors (Lipinski definition) is 5. The lowest BCUT2D eigenvalue weighted by atomic mass is 10.3. The zero-order chi connectivity index (χ0) is 14.8. The molecule has 0 atom stereocenters. The second kappa shape index (κ2) is 5.83. The van der Waals surface area contributed by atoms with Crippen LogP contribution in [0.3, 0.4) is 0 Å². The van der Waals surface area contributed by atoms with Gasteiger partial charge in [0.25, 0.3) is 15.7 Å². The van der Waals surface area contributed by atoms with Crippen molar-refractivity contribution in [2.24, 2.45) is 0 Å². The molecule has 110 valence electrons. The summed E-state index contributed by atoms with van der Waals surface area (Å²) in [6.45, 7) is 3.00. The molecule has 1 aromatic carbocycles. The van der Waals surface area contributed by atoms with Gasteiger partial charge in [-0.2, -0.15) is 0 Å². The number of rotatable bonds is 4. The molecule has 0 unspecified atom stereocenters. The molecular weight excluding hydrogens is 284 g/mol. The molecule has 2 N–H and O–H groups in total. The van der Waals surface area contributed by atoms with Crippen LogP contribution >= 0.6 is 0 Å². The summed E-state index contributed by atoms with van der Waals surface area (Å²) in [6.07, 6.45) is 0. The van der Waals surface area contributed by atoms with Gasteiger partial charge in [0.05, 0.1) is 9.82 Å². The van der Waals surface area contributed by atoms with Crippen LogP contribution in [0.5, 0.6) is 0 Å². The molecule has 2 rings (SSSR count). The predicted molar refractivity (Wildman–Crippen MR) is 71.6 cm³/mol. The fourth-order valence-electron chi connectivity index (χ4n) is 1.99. The van der Waals surface area contributed by atoms with E-state index in [-0.39, 0.29) is 10.6 Å². The average Bonchev–Trinajstić information content (AvgIpc) is 2.41. The number of nitro benzene ring substituents is 1. The van der Waals surface area contributed by atoms with Gasteiger partial charge in [0, 0.05) is 25.2 Å². The van der Waals surface area contributed by atoms with Crippen LogP contribution in [-0.2, 0) is 10.0 Å². The van der Waals surface area contributed by atoms with E-state index in [1.165, 1.54) is 24.3 Å². The van der Waals surface area contributed by atoms with Crippen molar-refractivity contribution in [3.63, 3.8) is 0 Å². The van der Waals surface area contributed by atoms with Crippen LogP contribution in [0.15, 0.2) is 29.2 Å². The molecule has 0 aromatic heterocycles. The van der Waals surface area contributed by atoms with Gasteiger partial charge < -0.3 is 0 Å².